The van der Waals surface area contributed by atoms with E-state index in [9.17, 15) is 5.11 Å². The molecule has 0 amide bonds. The zero-order valence-electron chi connectivity index (χ0n) is 13.7. The van der Waals surface area contributed by atoms with Gasteiger partial charge in [-0.2, -0.15) is 5.10 Å². The Kier molecular flexibility index (Phi) is 4.88. The van der Waals surface area contributed by atoms with Crippen molar-refractivity contribution >= 4 is 0 Å². The number of aliphatic hydroxyl groups excluding tert-OH is 1. The predicted octanol–water partition coefficient (Wildman–Crippen LogP) is 4.04. The molecule has 1 unspecified atom stereocenters. The minimum Gasteiger partial charge on any atom is -0.466 e. The van der Waals surface area contributed by atoms with Crippen molar-refractivity contribution in [1.29, 1.82) is 0 Å². The molecule has 0 radical (unpaired) electrons. The van der Waals surface area contributed by atoms with Gasteiger partial charge in [0, 0.05) is 18.2 Å². The first kappa shape index (κ1) is 15.8. The lowest BCUT2D eigenvalue weighted by Crippen LogP contribution is -2.09. The number of furan rings is 1. The molecular formula is C17H26N2O2. The van der Waals surface area contributed by atoms with E-state index in [1.165, 1.54) is 0 Å². The number of hydrogen-bond acceptors (Lipinski definition) is 3. The first-order chi connectivity index (χ1) is 9.97. The molecule has 2 aromatic rings. The summed E-state index contributed by atoms with van der Waals surface area (Å²) in [6.07, 6.45) is 4.11. The molecule has 2 heterocycles. The zero-order valence-corrected chi connectivity index (χ0v) is 13.7. The van der Waals surface area contributed by atoms with Crippen LogP contribution in [-0.2, 0) is 6.42 Å². The molecule has 116 valence electrons. The fourth-order valence-electron chi connectivity index (χ4n) is 2.95. The van der Waals surface area contributed by atoms with Gasteiger partial charge >= 0.3 is 0 Å². The summed E-state index contributed by atoms with van der Waals surface area (Å²) >= 11 is 0. The monoisotopic (exact) mass is 290 g/mol. The Balaban J connectivity index is 2.14. The van der Waals surface area contributed by atoms with Gasteiger partial charge in [0.15, 0.2) is 0 Å². The number of nitrogens with zero attached hydrogens (tertiary/aromatic N) is 2. The van der Waals surface area contributed by atoms with Gasteiger partial charge in [0.1, 0.15) is 11.5 Å². The van der Waals surface area contributed by atoms with Crippen LogP contribution in [-0.4, -0.2) is 14.9 Å². The van der Waals surface area contributed by atoms with Crippen LogP contribution in [0.2, 0.25) is 0 Å². The van der Waals surface area contributed by atoms with Gasteiger partial charge in [-0.3, -0.25) is 4.68 Å². The van der Waals surface area contributed by atoms with Crippen molar-refractivity contribution in [2.75, 3.05) is 0 Å². The molecule has 0 saturated carbocycles. The van der Waals surface area contributed by atoms with Gasteiger partial charge in [-0.25, -0.2) is 0 Å². The van der Waals surface area contributed by atoms with Crippen molar-refractivity contribution < 1.29 is 9.52 Å². The van der Waals surface area contributed by atoms with E-state index in [0.29, 0.717) is 12.5 Å². The van der Waals surface area contributed by atoms with Crippen LogP contribution in [0.5, 0.6) is 0 Å². The van der Waals surface area contributed by atoms with Crippen molar-refractivity contribution in [2.45, 2.75) is 66.0 Å². The number of aliphatic hydroxyl groups is 1. The molecule has 4 nitrogen and oxygen atoms in total. The van der Waals surface area contributed by atoms with Crippen molar-refractivity contribution in [2.24, 2.45) is 0 Å². The zero-order chi connectivity index (χ0) is 15.6. The smallest absolute Gasteiger partial charge is 0.107 e. The molecule has 2 aromatic heterocycles. The van der Waals surface area contributed by atoms with Gasteiger partial charge < -0.3 is 9.52 Å². The number of hydrogen-bond donors (Lipinski definition) is 1. The molecule has 0 spiro atoms. The maximum Gasteiger partial charge on any atom is 0.107 e. The molecule has 0 aromatic carbocycles. The Morgan fingerprint density at radius 1 is 1.19 bits per heavy atom. The molecular weight excluding hydrogens is 264 g/mol. The molecule has 0 aliphatic carbocycles. The number of rotatable bonds is 6. The average Bonchev–Trinajstić information content (AvgIpc) is 2.97. The second-order valence-electron chi connectivity index (χ2n) is 5.73. The van der Waals surface area contributed by atoms with Gasteiger partial charge in [-0.15, -0.1) is 0 Å². The lowest BCUT2D eigenvalue weighted by molar-refractivity contribution is 0.174. The lowest BCUT2D eigenvalue weighted by Gasteiger charge is -2.13. The van der Waals surface area contributed by atoms with Crippen LogP contribution in [0.25, 0.3) is 0 Å². The summed E-state index contributed by atoms with van der Waals surface area (Å²) in [4.78, 5) is 0. The Morgan fingerprint density at radius 2 is 1.86 bits per heavy atom. The summed E-state index contributed by atoms with van der Waals surface area (Å²) in [5.41, 5.74) is 2.87. The van der Waals surface area contributed by atoms with Crippen molar-refractivity contribution in [3.8, 4) is 0 Å². The molecule has 4 heteroatoms. The second-order valence-corrected chi connectivity index (χ2v) is 5.73. The highest BCUT2D eigenvalue weighted by Crippen LogP contribution is 2.29. The quantitative estimate of drug-likeness (QED) is 0.873. The average molecular weight is 290 g/mol. The van der Waals surface area contributed by atoms with Crippen LogP contribution in [0.1, 0.15) is 67.2 Å². The third-order valence-corrected chi connectivity index (χ3v) is 4.33. The van der Waals surface area contributed by atoms with E-state index in [2.05, 4.69) is 18.9 Å². The Hall–Kier alpha value is -1.55. The highest BCUT2D eigenvalue weighted by Gasteiger charge is 2.20. The first-order valence-corrected chi connectivity index (χ1v) is 7.76. The third-order valence-electron chi connectivity index (χ3n) is 4.33. The Morgan fingerprint density at radius 3 is 2.38 bits per heavy atom. The maximum atomic E-state index is 10.5. The van der Waals surface area contributed by atoms with Crippen LogP contribution < -0.4 is 0 Å². The lowest BCUT2D eigenvalue weighted by atomic mass is 10.0. The summed E-state index contributed by atoms with van der Waals surface area (Å²) in [6.45, 7) is 10.2. The molecule has 1 N–H and O–H groups in total. The summed E-state index contributed by atoms with van der Waals surface area (Å²) in [7, 11) is 0. The van der Waals surface area contributed by atoms with Gasteiger partial charge in [-0.1, -0.05) is 13.8 Å². The molecule has 0 fully saturated rings. The number of aromatic nitrogens is 2. The van der Waals surface area contributed by atoms with Crippen molar-refractivity contribution in [1.82, 2.24) is 9.78 Å². The largest absolute Gasteiger partial charge is 0.466 e. The van der Waals surface area contributed by atoms with Crippen LogP contribution in [0.15, 0.2) is 16.7 Å². The van der Waals surface area contributed by atoms with E-state index in [0.717, 1.165) is 41.2 Å². The number of aryl methyl sites for hydroxylation is 2. The normalized spacial score (nSPS) is 13.1. The molecule has 1 atom stereocenters. The van der Waals surface area contributed by atoms with E-state index in [-0.39, 0.29) is 0 Å². The summed E-state index contributed by atoms with van der Waals surface area (Å²) in [6, 6.07) is 2.44. The van der Waals surface area contributed by atoms with Crippen LogP contribution in [0.3, 0.4) is 0 Å². The second kappa shape index (κ2) is 6.48. The molecule has 0 aliphatic heterocycles. The minimum atomic E-state index is -0.562. The molecule has 0 bridgehead atoms. The van der Waals surface area contributed by atoms with Gasteiger partial charge in [-0.05, 0) is 45.2 Å². The van der Waals surface area contributed by atoms with E-state index in [1.54, 1.807) is 0 Å². The van der Waals surface area contributed by atoms with Gasteiger partial charge in [0.25, 0.3) is 0 Å². The molecule has 2 rings (SSSR count). The molecule has 21 heavy (non-hydrogen) atoms. The third kappa shape index (κ3) is 3.21. The standard InChI is InChI=1S/C17H26N2O2/c1-6-15(7-2)19-9-8-14(18-19)10-16(20)17-11(3)12(4)21-13(17)5/h8-9,15-16,20H,6-7,10H2,1-5H3. The SMILES string of the molecule is CCC(CC)n1ccc(CC(O)c2c(C)oc(C)c2C)n1. The molecule has 0 aliphatic rings. The van der Waals surface area contributed by atoms with Crippen LogP contribution >= 0.6 is 0 Å². The highest BCUT2D eigenvalue weighted by molar-refractivity contribution is 5.33. The van der Waals surface area contributed by atoms with Crippen molar-refractivity contribution in [3.05, 3.63) is 40.6 Å². The minimum absolute atomic E-state index is 0.440. The van der Waals surface area contributed by atoms with Gasteiger partial charge in [0.2, 0.25) is 0 Å². The maximum absolute atomic E-state index is 10.5. The van der Waals surface area contributed by atoms with Crippen LogP contribution in [0.4, 0.5) is 0 Å². The Bertz CT molecular complexity index is 594. The van der Waals surface area contributed by atoms with Crippen LogP contribution in [0, 0.1) is 20.8 Å². The van der Waals surface area contributed by atoms with Gasteiger partial charge in [0.05, 0.1) is 17.8 Å². The summed E-state index contributed by atoms with van der Waals surface area (Å²) in [5.74, 6) is 1.68. The summed E-state index contributed by atoms with van der Waals surface area (Å²) < 4.78 is 7.61. The summed E-state index contributed by atoms with van der Waals surface area (Å²) in [5, 5.41) is 15.1. The fraction of sp³-hybridized carbons (Fsp3) is 0.588. The molecule has 0 saturated heterocycles. The van der Waals surface area contributed by atoms with E-state index >= 15 is 0 Å². The van der Waals surface area contributed by atoms with E-state index < -0.39 is 6.10 Å². The predicted molar refractivity (Wildman–Crippen MR) is 83.4 cm³/mol. The topological polar surface area (TPSA) is 51.2 Å². The first-order valence-electron chi connectivity index (χ1n) is 7.76. The van der Waals surface area contributed by atoms with Crippen molar-refractivity contribution in [3.63, 3.8) is 0 Å². The highest BCUT2D eigenvalue weighted by atomic mass is 16.3. The fourth-order valence-corrected chi connectivity index (χ4v) is 2.95. The van der Waals surface area contributed by atoms with E-state index in [4.69, 9.17) is 4.42 Å². The van der Waals surface area contributed by atoms with E-state index in [1.807, 2.05) is 37.7 Å². The Labute approximate surface area is 126 Å².